The van der Waals surface area contributed by atoms with Crippen molar-refractivity contribution < 1.29 is 4.74 Å². The summed E-state index contributed by atoms with van der Waals surface area (Å²) in [6, 6.07) is 0.314. The molecule has 0 aromatic heterocycles. The zero-order valence-electron chi connectivity index (χ0n) is 8.34. The highest BCUT2D eigenvalue weighted by Crippen LogP contribution is 2.27. The van der Waals surface area contributed by atoms with E-state index >= 15 is 0 Å². The van der Waals surface area contributed by atoms with Crippen molar-refractivity contribution in [2.24, 2.45) is 11.1 Å². The van der Waals surface area contributed by atoms with Gasteiger partial charge in [0.25, 0.3) is 0 Å². The molecule has 12 heavy (non-hydrogen) atoms. The average molecular weight is 172 g/mol. The van der Waals surface area contributed by atoms with Gasteiger partial charge < -0.3 is 10.5 Å². The summed E-state index contributed by atoms with van der Waals surface area (Å²) < 4.78 is 5.02. The van der Waals surface area contributed by atoms with Gasteiger partial charge in [0.15, 0.2) is 0 Å². The number of methoxy groups -OCH3 is 1. The van der Waals surface area contributed by atoms with E-state index < -0.39 is 0 Å². The maximum atomic E-state index is 5.99. The highest BCUT2D eigenvalue weighted by molar-refractivity contribution is 4.93. The molecule has 1 heterocycles. The number of hydrogen-bond acceptors (Lipinski definition) is 3. The number of likely N-dealkylation sites (tertiary alicyclic amines) is 1. The number of nitrogens with two attached hydrogens (primary N) is 1. The lowest BCUT2D eigenvalue weighted by atomic mass is 9.89. The molecule has 0 amide bonds. The molecule has 3 heteroatoms. The van der Waals surface area contributed by atoms with Crippen molar-refractivity contribution >= 4 is 0 Å². The van der Waals surface area contributed by atoms with Crippen molar-refractivity contribution in [1.82, 2.24) is 4.90 Å². The van der Waals surface area contributed by atoms with E-state index in [4.69, 9.17) is 10.5 Å². The van der Waals surface area contributed by atoms with Crippen LogP contribution in [0.15, 0.2) is 0 Å². The molecule has 1 aliphatic rings. The van der Waals surface area contributed by atoms with Gasteiger partial charge in [-0.1, -0.05) is 13.8 Å². The normalized spacial score (nSPS) is 29.5. The second-order valence-electron chi connectivity index (χ2n) is 4.32. The van der Waals surface area contributed by atoms with E-state index in [0.717, 1.165) is 26.2 Å². The first-order valence-electron chi connectivity index (χ1n) is 4.53. The molecule has 1 fully saturated rings. The summed E-state index contributed by atoms with van der Waals surface area (Å²) in [4.78, 5) is 2.37. The van der Waals surface area contributed by atoms with Crippen LogP contribution in [0, 0.1) is 5.41 Å². The fraction of sp³-hybridized carbons (Fsp3) is 1.00. The second-order valence-corrected chi connectivity index (χ2v) is 4.32. The first kappa shape index (κ1) is 9.96. The third-order valence-corrected chi connectivity index (χ3v) is 2.70. The fourth-order valence-corrected chi connectivity index (χ4v) is 1.67. The van der Waals surface area contributed by atoms with Crippen LogP contribution in [0.3, 0.4) is 0 Å². The minimum atomic E-state index is 0.272. The zero-order chi connectivity index (χ0) is 9.19. The van der Waals surface area contributed by atoms with Crippen LogP contribution in [-0.2, 0) is 4.74 Å². The topological polar surface area (TPSA) is 38.5 Å². The molecule has 1 unspecified atom stereocenters. The van der Waals surface area contributed by atoms with E-state index in [-0.39, 0.29) is 5.41 Å². The van der Waals surface area contributed by atoms with Crippen molar-refractivity contribution in [2.45, 2.75) is 19.9 Å². The molecular weight excluding hydrogens is 152 g/mol. The van der Waals surface area contributed by atoms with Crippen molar-refractivity contribution in [3.05, 3.63) is 0 Å². The molecular formula is C9H20N2O. The Hall–Kier alpha value is -0.120. The lowest BCUT2D eigenvalue weighted by molar-refractivity contribution is 0.155. The van der Waals surface area contributed by atoms with E-state index in [1.54, 1.807) is 7.11 Å². The first-order chi connectivity index (χ1) is 5.56. The fourth-order valence-electron chi connectivity index (χ4n) is 1.67. The first-order valence-corrected chi connectivity index (χ1v) is 4.53. The molecule has 0 aromatic rings. The SMILES string of the molecule is COCCN1CC(N)C(C)(C)C1. The van der Waals surface area contributed by atoms with Gasteiger partial charge >= 0.3 is 0 Å². The van der Waals surface area contributed by atoms with Crippen molar-refractivity contribution in [1.29, 1.82) is 0 Å². The lowest BCUT2D eigenvalue weighted by Crippen LogP contribution is -2.35. The molecule has 0 aliphatic carbocycles. The van der Waals surface area contributed by atoms with Crippen LogP contribution in [0.5, 0.6) is 0 Å². The molecule has 2 N–H and O–H groups in total. The highest BCUT2D eigenvalue weighted by atomic mass is 16.5. The zero-order valence-corrected chi connectivity index (χ0v) is 8.34. The largest absolute Gasteiger partial charge is 0.383 e. The van der Waals surface area contributed by atoms with Gasteiger partial charge in [-0.25, -0.2) is 0 Å². The quantitative estimate of drug-likeness (QED) is 0.665. The third kappa shape index (κ3) is 2.19. The van der Waals surface area contributed by atoms with Gasteiger partial charge in [0.05, 0.1) is 6.61 Å². The van der Waals surface area contributed by atoms with E-state index in [1.165, 1.54) is 0 Å². The summed E-state index contributed by atoms with van der Waals surface area (Å²) in [6.45, 7) is 8.37. The monoisotopic (exact) mass is 172 g/mol. The molecule has 72 valence electrons. The lowest BCUT2D eigenvalue weighted by Gasteiger charge is -2.21. The Bertz CT molecular complexity index is 147. The summed E-state index contributed by atoms with van der Waals surface area (Å²) in [5, 5.41) is 0. The Labute approximate surface area is 74.9 Å². The van der Waals surface area contributed by atoms with E-state index in [9.17, 15) is 0 Å². The summed E-state index contributed by atoms with van der Waals surface area (Å²) >= 11 is 0. The van der Waals surface area contributed by atoms with Crippen LogP contribution in [0.25, 0.3) is 0 Å². The molecule has 0 aromatic carbocycles. The molecule has 0 bridgehead atoms. The van der Waals surface area contributed by atoms with E-state index in [2.05, 4.69) is 18.7 Å². The van der Waals surface area contributed by atoms with Crippen LogP contribution in [0.1, 0.15) is 13.8 Å². The predicted molar refractivity (Wildman–Crippen MR) is 50.1 cm³/mol. The standard InChI is InChI=1S/C9H20N2O/c1-9(2)7-11(4-5-12-3)6-8(9)10/h8H,4-7,10H2,1-3H3. The minimum absolute atomic E-state index is 0.272. The summed E-state index contributed by atoms with van der Waals surface area (Å²) in [6.07, 6.45) is 0. The molecule has 0 spiro atoms. The summed E-state index contributed by atoms with van der Waals surface area (Å²) in [5.74, 6) is 0. The van der Waals surface area contributed by atoms with E-state index in [0.29, 0.717) is 6.04 Å². The van der Waals surface area contributed by atoms with Crippen LogP contribution >= 0.6 is 0 Å². The maximum absolute atomic E-state index is 5.99. The van der Waals surface area contributed by atoms with Crippen molar-refractivity contribution in [3.63, 3.8) is 0 Å². The Morgan fingerprint density at radius 1 is 1.58 bits per heavy atom. The molecule has 1 aliphatic heterocycles. The molecule has 3 nitrogen and oxygen atoms in total. The average Bonchev–Trinajstić information content (AvgIpc) is 2.22. The van der Waals surface area contributed by atoms with Crippen LogP contribution in [0.2, 0.25) is 0 Å². The smallest absolute Gasteiger partial charge is 0.0589 e. The molecule has 0 saturated carbocycles. The van der Waals surface area contributed by atoms with Gasteiger partial charge in [0.2, 0.25) is 0 Å². The summed E-state index contributed by atoms with van der Waals surface area (Å²) in [5.41, 5.74) is 6.26. The minimum Gasteiger partial charge on any atom is -0.383 e. The maximum Gasteiger partial charge on any atom is 0.0589 e. The van der Waals surface area contributed by atoms with Gasteiger partial charge in [-0.15, -0.1) is 0 Å². The van der Waals surface area contributed by atoms with Crippen LogP contribution in [0.4, 0.5) is 0 Å². The number of ether oxygens (including phenoxy) is 1. The summed E-state index contributed by atoms with van der Waals surface area (Å²) in [7, 11) is 1.74. The molecule has 1 rings (SSSR count). The molecule has 1 atom stereocenters. The number of nitrogens with zero attached hydrogens (tertiary/aromatic N) is 1. The number of hydrogen-bond donors (Lipinski definition) is 1. The van der Waals surface area contributed by atoms with Crippen LogP contribution < -0.4 is 5.73 Å². The highest BCUT2D eigenvalue weighted by Gasteiger charge is 2.36. The van der Waals surface area contributed by atoms with Gasteiger partial charge in [-0.2, -0.15) is 0 Å². The molecule has 1 saturated heterocycles. The Morgan fingerprint density at radius 3 is 2.67 bits per heavy atom. The van der Waals surface area contributed by atoms with Crippen molar-refractivity contribution in [3.8, 4) is 0 Å². The molecule has 0 radical (unpaired) electrons. The third-order valence-electron chi connectivity index (χ3n) is 2.70. The Balaban J connectivity index is 2.33. The Morgan fingerprint density at radius 2 is 2.25 bits per heavy atom. The van der Waals surface area contributed by atoms with Gasteiger partial charge in [0, 0.05) is 32.8 Å². The van der Waals surface area contributed by atoms with Gasteiger partial charge in [-0.05, 0) is 5.41 Å². The number of rotatable bonds is 3. The van der Waals surface area contributed by atoms with Crippen molar-refractivity contribution in [2.75, 3.05) is 33.4 Å². The predicted octanol–water partition coefficient (Wildman–Crippen LogP) is 0.302. The second kappa shape index (κ2) is 3.73. The van der Waals surface area contributed by atoms with Crippen LogP contribution in [-0.4, -0.2) is 44.3 Å². The van der Waals surface area contributed by atoms with Gasteiger partial charge in [-0.3, -0.25) is 4.90 Å². The van der Waals surface area contributed by atoms with E-state index in [1.807, 2.05) is 0 Å². The Kier molecular flexibility index (Phi) is 3.09. The van der Waals surface area contributed by atoms with Gasteiger partial charge in [0.1, 0.15) is 0 Å².